The zero-order valence-corrected chi connectivity index (χ0v) is 12.9. The van der Waals surface area contributed by atoms with Gasteiger partial charge in [0.15, 0.2) is 0 Å². The molecule has 0 saturated carbocycles. The van der Waals surface area contributed by atoms with Gasteiger partial charge in [-0.15, -0.1) is 0 Å². The van der Waals surface area contributed by atoms with Crippen LogP contribution in [-0.2, 0) is 15.8 Å². The molecule has 1 rings (SSSR count). The summed E-state index contributed by atoms with van der Waals surface area (Å²) >= 11 is 0. The van der Waals surface area contributed by atoms with Crippen molar-refractivity contribution >= 4 is 17.8 Å². The molecule has 0 aliphatic rings. The van der Waals surface area contributed by atoms with Crippen molar-refractivity contribution in [3.8, 4) is 0 Å². The number of benzene rings is 1. The number of rotatable bonds is 7. The third-order valence-corrected chi connectivity index (χ3v) is 3.05. The lowest BCUT2D eigenvalue weighted by Gasteiger charge is -2.20. The first kappa shape index (κ1) is 19.5. The minimum absolute atomic E-state index is 0.0314. The second-order valence-electron chi connectivity index (χ2n) is 4.97. The summed E-state index contributed by atoms with van der Waals surface area (Å²) in [6.07, 6.45) is -3.95. The van der Waals surface area contributed by atoms with Crippen LogP contribution < -0.4 is 5.32 Å². The van der Waals surface area contributed by atoms with E-state index in [0.717, 1.165) is 29.2 Å². The van der Waals surface area contributed by atoms with Gasteiger partial charge < -0.3 is 15.3 Å². The van der Waals surface area contributed by atoms with E-state index >= 15 is 0 Å². The molecule has 0 aliphatic carbocycles. The molecule has 0 unspecified atom stereocenters. The van der Waals surface area contributed by atoms with E-state index < -0.39 is 42.6 Å². The summed E-state index contributed by atoms with van der Waals surface area (Å²) in [4.78, 5) is 35.5. The summed E-state index contributed by atoms with van der Waals surface area (Å²) in [6.45, 7) is 1.07. The van der Waals surface area contributed by atoms with Crippen LogP contribution in [-0.4, -0.2) is 47.4 Å². The number of carbonyl (C=O) groups is 3. The Morgan fingerprint density at radius 1 is 1.17 bits per heavy atom. The highest BCUT2D eigenvalue weighted by Crippen LogP contribution is 2.28. The van der Waals surface area contributed by atoms with Crippen molar-refractivity contribution in [3.05, 3.63) is 35.4 Å². The average molecular weight is 346 g/mol. The fourth-order valence-electron chi connectivity index (χ4n) is 1.91. The molecule has 0 spiro atoms. The Labute approximate surface area is 136 Å². The van der Waals surface area contributed by atoms with E-state index in [1.807, 2.05) is 0 Å². The van der Waals surface area contributed by atoms with Gasteiger partial charge in [0.1, 0.15) is 6.54 Å². The molecule has 132 valence electrons. The largest absolute Gasteiger partial charge is 0.480 e. The highest BCUT2D eigenvalue weighted by molar-refractivity contribution is 5.96. The van der Waals surface area contributed by atoms with E-state index in [9.17, 15) is 27.6 Å². The smallest absolute Gasteiger partial charge is 0.416 e. The van der Waals surface area contributed by atoms with E-state index in [1.165, 1.54) is 0 Å². The van der Waals surface area contributed by atoms with Crippen molar-refractivity contribution in [1.82, 2.24) is 10.2 Å². The SMILES string of the molecule is CCCN(CC(=O)O)C(=O)CNC(=O)c1ccc(C(F)(F)F)cc1. The van der Waals surface area contributed by atoms with Crippen molar-refractivity contribution in [3.63, 3.8) is 0 Å². The molecule has 0 bridgehead atoms. The minimum Gasteiger partial charge on any atom is -0.480 e. The lowest BCUT2D eigenvalue weighted by Crippen LogP contribution is -2.42. The van der Waals surface area contributed by atoms with E-state index in [1.54, 1.807) is 6.92 Å². The number of carboxylic acid groups (broad SMARTS) is 1. The second kappa shape index (κ2) is 8.32. The van der Waals surface area contributed by atoms with Crippen LogP contribution in [0.5, 0.6) is 0 Å². The first-order valence-electron chi connectivity index (χ1n) is 7.10. The van der Waals surface area contributed by atoms with Gasteiger partial charge in [0.2, 0.25) is 5.91 Å². The molecule has 24 heavy (non-hydrogen) atoms. The maximum atomic E-state index is 12.4. The van der Waals surface area contributed by atoms with Gasteiger partial charge in [-0.25, -0.2) is 0 Å². The number of carboxylic acids is 1. The Kier molecular flexibility index (Phi) is 6.75. The first-order chi connectivity index (χ1) is 11.1. The second-order valence-corrected chi connectivity index (χ2v) is 4.97. The number of alkyl halides is 3. The third kappa shape index (κ3) is 5.90. The Morgan fingerprint density at radius 3 is 2.21 bits per heavy atom. The van der Waals surface area contributed by atoms with E-state index in [2.05, 4.69) is 5.32 Å². The number of aliphatic carboxylic acids is 1. The lowest BCUT2D eigenvalue weighted by molar-refractivity contribution is -0.144. The lowest BCUT2D eigenvalue weighted by atomic mass is 10.1. The van der Waals surface area contributed by atoms with Crippen molar-refractivity contribution in [2.24, 2.45) is 0 Å². The summed E-state index contributed by atoms with van der Waals surface area (Å²) in [6, 6.07) is 3.54. The van der Waals surface area contributed by atoms with Gasteiger partial charge >= 0.3 is 12.1 Å². The molecule has 6 nitrogen and oxygen atoms in total. The van der Waals surface area contributed by atoms with Gasteiger partial charge in [-0.2, -0.15) is 13.2 Å². The van der Waals surface area contributed by atoms with Crippen molar-refractivity contribution < 1.29 is 32.7 Å². The number of nitrogens with one attached hydrogen (secondary N) is 1. The number of halogens is 3. The summed E-state index contributed by atoms with van der Waals surface area (Å²) in [5.41, 5.74) is -0.915. The molecule has 0 fully saturated rings. The van der Waals surface area contributed by atoms with Crippen LogP contribution >= 0.6 is 0 Å². The molecule has 0 aromatic heterocycles. The van der Waals surface area contributed by atoms with Crippen molar-refractivity contribution in [2.45, 2.75) is 19.5 Å². The molecule has 9 heteroatoms. The number of carbonyl (C=O) groups excluding carboxylic acids is 2. The zero-order valence-electron chi connectivity index (χ0n) is 12.9. The van der Waals surface area contributed by atoms with E-state index in [0.29, 0.717) is 6.42 Å². The predicted octanol–water partition coefficient (Wildman–Crippen LogP) is 1.76. The molecule has 1 aromatic carbocycles. The normalized spacial score (nSPS) is 11.0. The molecule has 0 saturated heterocycles. The zero-order chi connectivity index (χ0) is 18.3. The first-order valence-corrected chi connectivity index (χ1v) is 7.10. The summed E-state index contributed by atoms with van der Waals surface area (Å²) < 4.78 is 37.3. The van der Waals surface area contributed by atoms with Crippen LogP contribution in [0.2, 0.25) is 0 Å². The van der Waals surface area contributed by atoms with Gasteiger partial charge in [0.25, 0.3) is 5.91 Å². The minimum atomic E-state index is -4.50. The molecule has 0 radical (unpaired) electrons. The summed E-state index contributed by atoms with van der Waals surface area (Å²) in [5.74, 6) is -2.48. The van der Waals surface area contributed by atoms with Crippen molar-refractivity contribution in [2.75, 3.05) is 19.6 Å². The predicted molar refractivity (Wildman–Crippen MR) is 78.3 cm³/mol. The average Bonchev–Trinajstić information content (AvgIpc) is 2.50. The Morgan fingerprint density at radius 2 is 1.75 bits per heavy atom. The molecular formula is C15H17F3N2O4. The summed E-state index contributed by atoms with van der Waals surface area (Å²) in [5, 5.41) is 11.0. The number of hydrogen-bond acceptors (Lipinski definition) is 3. The molecule has 0 aliphatic heterocycles. The van der Waals surface area contributed by atoms with Gasteiger partial charge in [-0.1, -0.05) is 6.92 Å². The fourth-order valence-corrected chi connectivity index (χ4v) is 1.91. The summed E-state index contributed by atoms with van der Waals surface area (Å²) in [7, 11) is 0. The number of nitrogens with zero attached hydrogens (tertiary/aromatic N) is 1. The monoisotopic (exact) mass is 346 g/mol. The molecule has 0 atom stereocenters. The van der Waals surface area contributed by atoms with Gasteiger partial charge in [-0.05, 0) is 30.7 Å². The fraction of sp³-hybridized carbons (Fsp3) is 0.400. The molecule has 1 aromatic rings. The van der Waals surface area contributed by atoms with Crippen LogP contribution in [0.3, 0.4) is 0 Å². The van der Waals surface area contributed by atoms with E-state index in [4.69, 9.17) is 5.11 Å². The van der Waals surface area contributed by atoms with Crippen LogP contribution in [0.4, 0.5) is 13.2 Å². The Balaban J connectivity index is 2.64. The maximum absolute atomic E-state index is 12.4. The van der Waals surface area contributed by atoms with Crippen LogP contribution in [0, 0.1) is 0 Å². The number of amides is 2. The van der Waals surface area contributed by atoms with E-state index in [-0.39, 0.29) is 12.1 Å². The highest BCUT2D eigenvalue weighted by Gasteiger charge is 2.30. The van der Waals surface area contributed by atoms with Crippen LogP contribution in [0.1, 0.15) is 29.3 Å². The Hall–Kier alpha value is -2.58. The van der Waals surface area contributed by atoms with Gasteiger partial charge in [0.05, 0.1) is 12.1 Å². The molecular weight excluding hydrogens is 329 g/mol. The topological polar surface area (TPSA) is 86.7 Å². The quantitative estimate of drug-likeness (QED) is 0.788. The molecule has 2 amide bonds. The third-order valence-electron chi connectivity index (χ3n) is 3.05. The van der Waals surface area contributed by atoms with Crippen LogP contribution in [0.15, 0.2) is 24.3 Å². The Bertz CT molecular complexity index is 600. The van der Waals surface area contributed by atoms with Gasteiger partial charge in [-0.3, -0.25) is 14.4 Å². The number of hydrogen-bond donors (Lipinski definition) is 2. The van der Waals surface area contributed by atoms with Crippen LogP contribution in [0.25, 0.3) is 0 Å². The van der Waals surface area contributed by atoms with Gasteiger partial charge in [0, 0.05) is 12.1 Å². The molecule has 2 N–H and O–H groups in total. The standard InChI is InChI=1S/C15H17F3N2O4/c1-2-7-20(9-13(22)23)12(21)8-19-14(24)10-3-5-11(6-4-10)15(16,17)18/h3-6H,2,7-9H2,1H3,(H,19,24)(H,22,23). The maximum Gasteiger partial charge on any atom is 0.416 e. The van der Waals surface area contributed by atoms with Crippen molar-refractivity contribution in [1.29, 1.82) is 0 Å². The highest BCUT2D eigenvalue weighted by atomic mass is 19.4. The molecule has 0 heterocycles.